The summed E-state index contributed by atoms with van der Waals surface area (Å²) in [4.78, 5) is 24.6. The predicted octanol–water partition coefficient (Wildman–Crippen LogP) is 4.10. The minimum absolute atomic E-state index is 0.179. The van der Waals surface area contributed by atoms with Gasteiger partial charge in [-0.25, -0.2) is 4.79 Å². The Balaban J connectivity index is 1.53. The standard InChI is InChI=1S/C26H27NO4/c1-30-26(29)24(27-25(28)17-14-20-8-4-2-5-9-20)18-21-12-15-23(16-13-21)31-19-22-10-6-3-7-11-22/h2-13,15-16,24H,14,17-19H2,1H3,(H,27,28)/t24-/m0/s1. The third kappa shape index (κ3) is 7.30. The summed E-state index contributed by atoms with van der Waals surface area (Å²) in [5, 5.41) is 2.80. The summed E-state index contributed by atoms with van der Waals surface area (Å²) >= 11 is 0. The lowest BCUT2D eigenvalue weighted by atomic mass is 10.0. The largest absolute Gasteiger partial charge is 0.489 e. The van der Waals surface area contributed by atoms with E-state index in [4.69, 9.17) is 9.47 Å². The highest BCUT2D eigenvalue weighted by Crippen LogP contribution is 2.16. The van der Waals surface area contributed by atoms with Gasteiger partial charge in [0.05, 0.1) is 7.11 Å². The van der Waals surface area contributed by atoms with Gasteiger partial charge in [0, 0.05) is 12.8 Å². The zero-order valence-corrected chi connectivity index (χ0v) is 17.6. The zero-order valence-electron chi connectivity index (χ0n) is 17.6. The van der Waals surface area contributed by atoms with Crippen LogP contribution in [0.4, 0.5) is 0 Å². The maximum Gasteiger partial charge on any atom is 0.328 e. The summed E-state index contributed by atoms with van der Waals surface area (Å²) in [7, 11) is 1.33. The quantitative estimate of drug-likeness (QED) is 0.505. The number of amides is 1. The Morgan fingerprint density at radius 1 is 0.806 bits per heavy atom. The molecular formula is C26H27NO4. The van der Waals surface area contributed by atoms with E-state index in [1.807, 2.05) is 84.9 Å². The summed E-state index contributed by atoms with van der Waals surface area (Å²) in [6.45, 7) is 0.489. The number of nitrogens with one attached hydrogen (secondary N) is 1. The fourth-order valence-electron chi connectivity index (χ4n) is 3.20. The molecule has 3 rings (SSSR count). The molecule has 3 aromatic carbocycles. The van der Waals surface area contributed by atoms with Gasteiger partial charge >= 0.3 is 5.97 Å². The zero-order chi connectivity index (χ0) is 21.9. The molecule has 0 aliphatic heterocycles. The average Bonchev–Trinajstić information content (AvgIpc) is 2.82. The predicted molar refractivity (Wildman–Crippen MR) is 120 cm³/mol. The van der Waals surface area contributed by atoms with Crippen LogP contribution >= 0.6 is 0 Å². The van der Waals surface area contributed by atoms with Gasteiger partial charge in [-0.3, -0.25) is 4.79 Å². The molecule has 0 unspecified atom stereocenters. The second-order valence-electron chi connectivity index (χ2n) is 7.25. The van der Waals surface area contributed by atoms with Crippen molar-refractivity contribution in [3.63, 3.8) is 0 Å². The van der Waals surface area contributed by atoms with E-state index >= 15 is 0 Å². The van der Waals surface area contributed by atoms with E-state index in [2.05, 4.69) is 5.32 Å². The molecule has 3 aromatic rings. The van der Waals surface area contributed by atoms with Crippen molar-refractivity contribution in [1.29, 1.82) is 0 Å². The first-order valence-corrected chi connectivity index (χ1v) is 10.3. The number of carbonyl (C=O) groups is 2. The Hall–Kier alpha value is -3.60. The Morgan fingerprint density at radius 3 is 2.03 bits per heavy atom. The number of esters is 1. The maximum absolute atomic E-state index is 12.4. The van der Waals surface area contributed by atoms with Crippen LogP contribution < -0.4 is 10.1 Å². The monoisotopic (exact) mass is 417 g/mol. The summed E-state index contributed by atoms with van der Waals surface area (Å²) < 4.78 is 10.7. The third-order valence-corrected chi connectivity index (χ3v) is 4.92. The van der Waals surface area contributed by atoms with Gasteiger partial charge in [0.2, 0.25) is 5.91 Å². The molecule has 0 aliphatic carbocycles. The van der Waals surface area contributed by atoms with Gasteiger partial charge < -0.3 is 14.8 Å². The number of methoxy groups -OCH3 is 1. The number of carbonyl (C=O) groups excluding carboxylic acids is 2. The molecule has 0 bridgehead atoms. The highest BCUT2D eigenvalue weighted by Gasteiger charge is 2.22. The average molecular weight is 418 g/mol. The lowest BCUT2D eigenvalue weighted by Crippen LogP contribution is -2.43. The number of hydrogen-bond acceptors (Lipinski definition) is 4. The van der Waals surface area contributed by atoms with Crippen molar-refractivity contribution >= 4 is 11.9 Å². The highest BCUT2D eigenvalue weighted by molar-refractivity contribution is 5.84. The van der Waals surface area contributed by atoms with E-state index in [9.17, 15) is 9.59 Å². The van der Waals surface area contributed by atoms with Crippen molar-refractivity contribution < 1.29 is 19.1 Å². The molecule has 31 heavy (non-hydrogen) atoms. The minimum atomic E-state index is -0.732. The first-order valence-electron chi connectivity index (χ1n) is 10.3. The summed E-state index contributed by atoms with van der Waals surface area (Å²) in [6.07, 6.45) is 1.28. The molecule has 0 radical (unpaired) electrons. The van der Waals surface area contributed by atoms with Crippen molar-refractivity contribution in [2.45, 2.75) is 31.9 Å². The van der Waals surface area contributed by atoms with Crippen LogP contribution in [-0.2, 0) is 33.8 Å². The van der Waals surface area contributed by atoms with Gasteiger partial charge in [-0.05, 0) is 35.2 Å². The number of rotatable bonds is 10. The van der Waals surface area contributed by atoms with E-state index in [1.165, 1.54) is 7.11 Å². The number of aryl methyl sites for hydroxylation is 1. The molecule has 0 heterocycles. The number of hydrogen-bond donors (Lipinski definition) is 1. The second-order valence-corrected chi connectivity index (χ2v) is 7.25. The van der Waals surface area contributed by atoms with E-state index in [1.54, 1.807) is 0 Å². The van der Waals surface area contributed by atoms with Crippen LogP contribution in [0.5, 0.6) is 5.75 Å². The molecule has 0 fully saturated rings. The van der Waals surface area contributed by atoms with E-state index in [0.29, 0.717) is 25.9 Å². The summed E-state index contributed by atoms with van der Waals surface area (Å²) in [6, 6.07) is 26.5. The summed E-state index contributed by atoms with van der Waals surface area (Å²) in [5.41, 5.74) is 3.08. The number of ether oxygens (including phenoxy) is 2. The normalized spacial score (nSPS) is 11.4. The van der Waals surface area contributed by atoms with Crippen LogP contribution in [0, 0.1) is 0 Å². The molecule has 5 heteroatoms. The lowest BCUT2D eigenvalue weighted by molar-refractivity contribution is -0.145. The van der Waals surface area contributed by atoms with Crippen molar-refractivity contribution in [1.82, 2.24) is 5.32 Å². The van der Waals surface area contributed by atoms with Crippen molar-refractivity contribution in [2.75, 3.05) is 7.11 Å². The molecule has 0 aliphatic rings. The molecule has 1 amide bonds. The maximum atomic E-state index is 12.4. The van der Waals surface area contributed by atoms with Crippen LogP contribution in [0.3, 0.4) is 0 Å². The van der Waals surface area contributed by atoms with Crippen molar-refractivity contribution in [3.8, 4) is 5.75 Å². The second kappa shape index (κ2) is 11.6. The molecule has 0 saturated carbocycles. The Morgan fingerprint density at radius 2 is 1.42 bits per heavy atom. The molecule has 1 N–H and O–H groups in total. The van der Waals surface area contributed by atoms with Crippen LogP contribution in [0.25, 0.3) is 0 Å². The van der Waals surface area contributed by atoms with Gasteiger partial charge in [0.1, 0.15) is 18.4 Å². The minimum Gasteiger partial charge on any atom is -0.489 e. The SMILES string of the molecule is COC(=O)[C@H](Cc1ccc(OCc2ccccc2)cc1)NC(=O)CCc1ccccc1. The first-order chi connectivity index (χ1) is 15.1. The first kappa shape index (κ1) is 22.1. The van der Waals surface area contributed by atoms with Gasteiger partial charge in [0.15, 0.2) is 0 Å². The smallest absolute Gasteiger partial charge is 0.328 e. The van der Waals surface area contributed by atoms with Crippen LogP contribution in [0.1, 0.15) is 23.1 Å². The van der Waals surface area contributed by atoms with Gasteiger partial charge in [0.25, 0.3) is 0 Å². The van der Waals surface area contributed by atoms with Crippen molar-refractivity contribution in [3.05, 3.63) is 102 Å². The van der Waals surface area contributed by atoms with Gasteiger partial charge in [-0.1, -0.05) is 72.8 Å². The molecule has 5 nitrogen and oxygen atoms in total. The van der Waals surface area contributed by atoms with E-state index in [0.717, 1.165) is 22.4 Å². The van der Waals surface area contributed by atoms with Gasteiger partial charge in [-0.15, -0.1) is 0 Å². The molecule has 0 saturated heterocycles. The molecule has 160 valence electrons. The van der Waals surface area contributed by atoms with Crippen LogP contribution in [-0.4, -0.2) is 25.0 Å². The van der Waals surface area contributed by atoms with E-state index in [-0.39, 0.29) is 5.91 Å². The lowest BCUT2D eigenvalue weighted by Gasteiger charge is -2.17. The molecule has 1 atom stereocenters. The van der Waals surface area contributed by atoms with Gasteiger partial charge in [-0.2, -0.15) is 0 Å². The van der Waals surface area contributed by atoms with Crippen molar-refractivity contribution in [2.24, 2.45) is 0 Å². The molecular weight excluding hydrogens is 390 g/mol. The van der Waals surface area contributed by atoms with Crippen LogP contribution in [0.15, 0.2) is 84.9 Å². The Bertz CT molecular complexity index is 956. The molecule has 0 aromatic heterocycles. The molecule has 0 spiro atoms. The summed E-state index contributed by atoms with van der Waals surface area (Å²) in [5.74, 6) is 0.105. The van der Waals surface area contributed by atoms with E-state index < -0.39 is 12.0 Å². The van der Waals surface area contributed by atoms with Crippen LogP contribution in [0.2, 0.25) is 0 Å². The topological polar surface area (TPSA) is 64.6 Å². The highest BCUT2D eigenvalue weighted by atomic mass is 16.5. The Kier molecular flexibility index (Phi) is 8.23. The number of benzene rings is 3. The fourth-order valence-corrected chi connectivity index (χ4v) is 3.20. The third-order valence-electron chi connectivity index (χ3n) is 4.92. The Labute approximate surface area is 183 Å². The fraction of sp³-hybridized carbons (Fsp3) is 0.231.